The van der Waals surface area contributed by atoms with Crippen LogP contribution in [0.25, 0.3) is 0 Å². The summed E-state index contributed by atoms with van der Waals surface area (Å²) in [5.41, 5.74) is 4.19. The van der Waals surface area contributed by atoms with E-state index in [4.69, 9.17) is 4.74 Å². The van der Waals surface area contributed by atoms with Crippen LogP contribution in [0.3, 0.4) is 0 Å². The highest BCUT2D eigenvalue weighted by Gasteiger charge is 2.51. The van der Waals surface area contributed by atoms with Crippen molar-refractivity contribution in [2.45, 2.75) is 50.9 Å². The number of nitrogens with zero attached hydrogens (tertiary/aromatic N) is 1. The van der Waals surface area contributed by atoms with Crippen LogP contribution in [-0.4, -0.2) is 12.8 Å². The van der Waals surface area contributed by atoms with Crippen LogP contribution in [0.15, 0.2) is 53.5 Å². The number of ether oxygens (including phenoxy) is 1. The van der Waals surface area contributed by atoms with Crippen LogP contribution in [0.4, 0.5) is 5.69 Å². The molecule has 6 rings (SSSR count). The van der Waals surface area contributed by atoms with Crippen molar-refractivity contribution in [3.05, 3.63) is 59.7 Å². The van der Waals surface area contributed by atoms with Crippen molar-refractivity contribution in [1.29, 1.82) is 0 Å². The molecule has 2 aromatic rings. The summed E-state index contributed by atoms with van der Waals surface area (Å²) < 4.78 is 5.49. The van der Waals surface area contributed by atoms with E-state index in [2.05, 4.69) is 41.4 Å². The Hall–Kier alpha value is -2.09. The summed E-state index contributed by atoms with van der Waals surface area (Å²) in [6, 6.07) is 17.2. The zero-order valence-corrected chi connectivity index (χ0v) is 16.2. The third kappa shape index (κ3) is 3.31. The van der Waals surface area contributed by atoms with Gasteiger partial charge in [-0.15, -0.1) is 0 Å². The van der Waals surface area contributed by atoms with Crippen LogP contribution in [-0.2, 0) is 5.41 Å². The topological polar surface area (TPSA) is 21.6 Å². The van der Waals surface area contributed by atoms with E-state index in [1.165, 1.54) is 38.5 Å². The lowest BCUT2D eigenvalue weighted by atomic mass is 9.48. The van der Waals surface area contributed by atoms with E-state index >= 15 is 0 Å². The first-order valence-electron chi connectivity index (χ1n) is 10.6. The average Bonchev–Trinajstić information content (AvgIpc) is 2.67. The Kier molecular flexibility index (Phi) is 4.30. The fraction of sp³-hybridized carbons (Fsp3) is 0.480. The van der Waals surface area contributed by atoms with E-state index in [9.17, 15) is 0 Å². The van der Waals surface area contributed by atoms with Crippen LogP contribution in [0.1, 0.15) is 56.6 Å². The van der Waals surface area contributed by atoms with Crippen molar-refractivity contribution in [2.75, 3.05) is 6.61 Å². The fourth-order valence-electron chi connectivity index (χ4n) is 6.33. The van der Waals surface area contributed by atoms with Crippen molar-refractivity contribution in [2.24, 2.45) is 22.7 Å². The molecule has 0 radical (unpaired) electrons. The molecule has 0 aliphatic heterocycles. The minimum Gasteiger partial charge on any atom is -0.494 e. The minimum absolute atomic E-state index is 0.478. The summed E-state index contributed by atoms with van der Waals surface area (Å²) in [7, 11) is 0. The van der Waals surface area contributed by atoms with Gasteiger partial charge in [-0.3, -0.25) is 4.99 Å². The van der Waals surface area contributed by atoms with Crippen molar-refractivity contribution in [3.8, 4) is 5.75 Å². The lowest BCUT2D eigenvalue weighted by Gasteiger charge is -2.57. The Morgan fingerprint density at radius 2 is 1.48 bits per heavy atom. The first kappa shape index (κ1) is 17.0. The smallest absolute Gasteiger partial charge is 0.119 e. The minimum atomic E-state index is 0.478. The van der Waals surface area contributed by atoms with Crippen molar-refractivity contribution >= 4 is 11.9 Å². The average molecular weight is 360 g/mol. The van der Waals surface area contributed by atoms with E-state index in [0.717, 1.165) is 34.8 Å². The Balaban J connectivity index is 1.30. The van der Waals surface area contributed by atoms with Crippen molar-refractivity contribution in [3.63, 3.8) is 0 Å². The van der Waals surface area contributed by atoms with Gasteiger partial charge in [-0.25, -0.2) is 0 Å². The summed E-state index contributed by atoms with van der Waals surface area (Å²) in [6.45, 7) is 2.70. The van der Waals surface area contributed by atoms with Gasteiger partial charge in [0, 0.05) is 6.21 Å². The number of rotatable bonds is 5. The number of hydrogen-bond acceptors (Lipinski definition) is 2. The zero-order valence-electron chi connectivity index (χ0n) is 16.2. The van der Waals surface area contributed by atoms with E-state index in [-0.39, 0.29) is 0 Å². The number of aliphatic imine (C=N–C) groups is 1. The first-order valence-corrected chi connectivity index (χ1v) is 10.6. The summed E-state index contributed by atoms with van der Waals surface area (Å²) >= 11 is 0. The molecule has 0 atom stereocenters. The molecular formula is C25H29NO. The van der Waals surface area contributed by atoms with Gasteiger partial charge < -0.3 is 4.74 Å². The van der Waals surface area contributed by atoms with Gasteiger partial charge in [-0.1, -0.05) is 12.1 Å². The summed E-state index contributed by atoms with van der Waals surface area (Å²) in [5.74, 6) is 3.89. The van der Waals surface area contributed by atoms with Gasteiger partial charge in [0.1, 0.15) is 5.75 Å². The van der Waals surface area contributed by atoms with Gasteiger partial charge >= 0.3 is 0 Å². The molecule has 4 saturated carbocycles. The second-order valence-electron chi connectivity index (χ2n) is 9.01. The molecular weight excluding hydrogens is 330 g/mol. The van der Waals surface area contributed by atoms with Crippen LogP contribution in [0, 0.1) is 17.8 Å². The summed E-state index contributed by atoms with van der Waals surface area (Å²) in [4.78, 5) is 4.67. The van der Waals surface area contributed by atoms with E-state index in [1.807, 2.05) is 25.3 Å². The van der Waals surface area contributed by atoms with Crippen LogP contribution >= 0.6 is 0 Å². The molecule has 0 unspecified atom stereocenters. The highest BCUT2D eigenvalue weighted by Crippen LogP contribution is 2.60. The molecule has 140 valence electrons. The van der Waals surface area contributed by atoms with Gasteiger partial charge in [0.15, 0.2) is 0 Å². The molecule has 0 N–H and O–H groups in total. The second-order valence-corrected chi connectivity index (χ2v) is 9.01. The van der Waals surface area contributed by atoms with E-state index in [0.29, 0.717) is 12.0 Å². The maximum Gasteiger partial charge on any atom is 0.119 e. The van der Waals surface area contributed by atoms with E-state index < -0.39 is 0 Å². The molecule has 4 aliphatic carbocycles. The molecule has 0 amide bonds. The standard InChI is InChI=1S/C25H29NO/c1-2-27-24-9-3-18(4-10-24)17-26-23-7-5-22(6-8-23)25-14-19-11-20(15-25)13-21(12-19)16-25/h3-10,17,19-21H,2,11-16H2,1H3. The van der Waals surface area contributed by atoms with Gasteiger partial charge in [-0.05, 0) is 116 Å². The first-order chi connectivity index (χ1) is 13.2. The molecule has 2 aromatic carbocycles. The molecule has 0 spiro atoms. The predicted octanol–water partition coefficient (Wildman–Crippen LogP) is 6.30. The monoisotopic (exact) mass is 359 g/mol. The maximum absolute atomic E-state index is 5.49. The molecule has 2 heteroatoms. The lowest BCUT2D eigenvalue weighted by molar-refractivity contribution is -0.00518. The molecule has 4 aliphatic rings. The largest absolute Gasteiger partial charge is 0.494 e. The Morgan fingerprint density at radius 1 is 0.889 bits per heavy atom. The van der Waals surface area contributed by atoms with Gasteiger partial charge in [0.05, 0.1) is 12.3 Å². The maximum atomic E-state index is 5.49. The third-order valence-electron chi connectivity index (χ3n) is 7.07. The quantitative estimate of drug-likeness (QED) is 0.574. The molecule has 4 fully saturated rings. The Bertz CT molecular complexity index is 783. The highest BCUT2D eigenvalue weighted by atomic mass is 16.5. The molecule has 0 saturated heterocycles. The van der Waals surface area contributed by atoms with Crippen LogP contribution in [0.5, 0.6) is 5.75 Å². The van der Waals surface area contributed by atoms with Crippen molar-refractivity contribution in [1.82, 2.24) is 0 Å². The Labute approximate surface area is 162 Å². The molecule has 4 bridgehead atoms. The fourth-order valence-corrected chi connectivity index (χ4v) is 6.33. The summed E-state index contributed by atoms with van der Waals surface area (Å²) in [6.07, 6.45) is 10.7. The number of hydrogen-bond donors (Lipinski definition) is 0. The van der Waals surface area contributed by atoms with Gasteiger partial charge in [0.25, 0.3) is 0 Å². The number of benzene rings is 2. The Morgan fingerprint density at radius 3 is 2.04 bits per heavy atom. The van der Waals surface area contributed by atoms with Gasteiger partial charge in [0.2, 0.25) is 0 Å². The second kappa shape index (κ2) is 6.82. The normalized spacial score (nSPS) is 31.5. The zero-order chi connectivity index (χ0) is 18.3. The molecule has 0 heterocycles. The van der Waals surface area contributed by atoms with Gasteiger partial charge in [-0.2, -0.15) is 0 Å². The molecule has 2 nitrogen and oxygen atoms in total. The van der Waals surface area contributed by atoms with Crippen LogP contribution in [0.2, 0.25) is 0 Å². The summed E-state index contributed by atoms with van der Waals surface area (Å²) in [5, 5.41) is 0. The molecule has 0 aromatic heterocycles. The third-order valence-corrected chi connectivity index (χ3v) is 7.07. The predicted molar refractivity (Wildman–Crippen MR) is 111 cm³/mol. The SMILES string of the molecule is CCOc1ccc(C=Nc2ccc(C34CC5CC(CC(C5)C3)C4)cc2)cc1. The van der Waals surface area contributed by atoms with Crippen LogP contribution < -0.4 is 4.74 Å². The highest BCUT2D eigenvalue weighted by molar-refractivity contribution is 5.82. The van der Waals surface area contributed by atoms with E-state index in [1.54, 1.807) is 5.56 Å². The lowest BCUT2D eigenvalue weighted by Crippen LogP contribution is -2.48. The molecule has 27 heavy (non-hydrogen) atoms. The van der Waals surface area contributed by atoms with Crippen molar-refractivity contribution < 1.29 is 4.74 Å².